The summed E-state index contributed by atoms with van der Waals surface area (Å²) in [7, 11) is 1.58. The quantitative estimate of drug-likeness (QED) is 0.491. The highest BCUT2D eigenvalue weighted by Gasteiger charge is 2.33. The molecule has 0 unspecified atom stereocenters. The summed E-state index contributed by atoms with van der Waals surface area (Å²) in [6.45, 7) is 1.41. The number of anilines is 3. The first-order valence-electron chi connectivity index (χ1n) is 9.38. The van der Waals surface area contributed by atoms with Gasteiger partial charge in [0.25, 0.3) is 0 Å². The second-order valence-corrected chi connectivity index (χ2v) is 8.22. The Morgan fingerprint density at radius 3 is 2.97 bits per heavy atom. The van der Waals surface area contributed by atoms with E-state index >= 15 is 0 Å². The number of nitrogens with zero attached hydrogens (tertiary/aromatic N) is 3. The summed E-state index contributed by atoms with van der Waals surface area (Å²) in [6, 6.07) is 8.78. The fourth-order valence-electron chi connectivity index (χ4n) is 3.31. The number of urea groups is 1. The summed E-state index contributed by atoms with van der Waals surface area (Å²) in [5, 5.41) is 6.78. The summed E-state index contributed by atoms with van der Waals surface area (Å²) in [5.41, 5.74) is 8.93. The summed E-state index contributed by atoms with van der Waals surface area (Å²) < 4.78 is 5.22. The fourth-order valence-corrected chi connectivity index (χ4v) is 4.76. The molecule has 0 bridgehead atoms. The minimum Gasteiger partial charge on any atom is -0.497 e. The van der Waals surface area contributed by atoms with Gasteiger partial charge in [-0.25, -0.2) is 4.79 Å². The zero-order chi connectivity index (χ0) is 21.1. The molecular formula is C20H22N6O2S2. The molecule has 0 fully saturated rings. The van der Waals surface area contributed by atoms with Gasteiger partial charge in [-0.1, -0.05) is 0 Å². The molecule has 156 valence electrons. The van der Waals surface area contributed by atoms with E-state index in [0.29, 0.717) is 34.7 Å². The third-order valence-electron chi connectivity index (χ3n) is 4.92. The number of nitrogens with two attached hydrogens (primary N) is 1. The second kappa shape index (κ2) is 8.80. The molecular weight excluding hydrogens is 420 g/mol. The van der Waals surface area contributed by atoms with Gasteiger partial charge in [-0.05, 0) is 36.5 Å². The Bertz CT molecular complexity index is 998. The van der Waals surface area contributed by atoms with Crippen molar-refractivity contribution in [2.75, 3.05) is 42.4 Å². The molecule has 0 aliphatic carbocycles. The first-order valence-corrected chi connectivity index (χ1v) is 10.8. The maximum Gasteiger partial charge on any atom is 0.326 e. The van der Waals surface area contributed by atoms with Crippen LogP contribution in [-0.2, 0) is 0 Å². The SMILES string of the molecule is COc1ccc(N)c(NC(=O)N2CSC3=C2CCN(C(=S)Nc2cccnc2)C3)c1. The Hall–Kier alpha value is -2.98. The average Bonchev–Trinajstić information content (AvgIpc) is 3.19. The number of aromatic nitrogens is 1. The molecule has 2 aliphatic heterocycles. The lowest BCUT2D eigenvalue weighted by Gasteiger charge is -2.31. The molecule has 8 nitrogen and oxygen atoms in total. The van der Waals surface area contributed by atoms with Gasteiger partial charge in [0.2, 0.25) is 0 Å². The molecule has 10 heteroatoms. The van der Waals surface area contributed by atoms with Crippen molar-refractivity contribution in [3.8, 4) is 5.75 Å². The second-order valence-electron chi connectivity index (χ2n) is 6.80. The number of thioether (sulfide) groups is 1. The lowest BCUT2D eigenvalue weighted by molar-refractivity contribution is 0.228. The van der Waals surface area contributed by atoms with Crippen molar-refractivity contribution >= 4 is 52.2 Å². The van der Waals surface area contributed by atoms with Crippen LogP contribution in [0.15, 0.2) is 53.3 Å². The smallest absolute Gasteiger partial charge is 0.326 e. The predicted octanol–water partition coefficient (Wildman–Crippen LogP) is 3.52. The first-order chi connectivity index (χ1) is 14.5. The fraction of sp³-hybridized carbons (Fsp3) is 0.250. The molecule has 0 saturated carbocycles. The van der Waals surface area contributed by atoms with E-state index in [1.807, 2.05) is 12.1 Å². The van der Waals surface area contributed by atoms with Gasteiger partial charge in [0.1, 0.15) is 5.75 Å². The van der Waals surface area contributed by atoms with Gasteiger partial charge in [0.05, 0.1) is 42.8 Å². The summed E-state index contributed by atoms with van der Waals surface area (Å²) in [4.78, 5) is 22.0. The van der Waals surface area contributed by atoms with Crippen LogP contribution in [0.4, 0.5) is 21.9 Å². The maximum absolute atomic E-state index is 12.9. The largest absolute Gasteiger partial charge is 0.497 e. The standard InChI is InChI=1S/C20H22N6O2S2/c1-28-14-4-5-15(21)16(9-14)24-19(27)26-12-30-18-11-25(8-6-17(18)26)20(29)23-13-3-2-7-22-10-13/h2-5,7,9-10H,6,8,11-12,21H2,1H3,(H,23,29)(H,24,27). The van der Waals surface area contributed by atoms with Gasteiger partial charge in [-0.3, -0.25) is 9.88 Å². The molecule has 2 aromatic rings. The normalized spacial score (nSPS) is 15.6. The van der Waals surface area contributed by atoms with E-state index in [0.717, 1.165) is 29.3 Å². The predicted molar refractivity (Wildman–Crippen MR) is 124 cm³/mol. The first kappa shape index (κ1) is 20.3. The molecule has 1 aromatic carbocycles. The Balaban J connectivity index is 1.41. The molecule has 4 rings (SSSR count). The van der Waals surface area contributed by atoms with Crippen molar-refractivity contribution in [1.82, 2.24) is 14.8 Å². The highest BCUT2D eigenvalue weighted by Crippen LogP contribution is 2.38. The van der Waals surface area contributed by atoms with E-state index in [1.54, 1.807) is 54.4 Å². The Morgan fingerprint density at radius 2 is 2.20 bits per heavy atom. The van der Waals surface area contributed by atoms with Gasteiger partial charge in [-0.15, -0.1) is 11.8 Å². The number of hydrogen-bond acceptors (Lipinski definition) is 6. The zero-order valence-corrected chi connectivity index (χ0v) is 18.1. The van der Waals surface area contributed by atoms with Crippen LogP contribution in [0.3, 0.4) is 0 Å². The van der Waals surface area contributed by atoms with Crippen molar-refractivity contribution in [3.63, 3.8) is 0 Å². The van der Waals surface area contributed by atoms with Gasteiger partial charge in [-0.2, -0.15) is 0 Å². The number of thiocarbonyl (C=S) groups is 1. The topological polar surface area (TPSA) is 95.7 Å². The van der Waals surface area contributed by atoms with Gasteiger partial charge >= 0.3 is 6.03 Å². The average molecular weight is 443 g/mol. The Morgan fingerprint density at radius 1 is 1.33 bits per heavy atom. The number of methoxy groups -OCH3 is 1. The third-order valence-corrected chi connectivity index (χ3v) is 6.38. The van der Waals surface area contributed by atoms with E-state index < -0.39 is 0 Å². The summed E-state index contributed by atoms with van der Waals surface area (Å²) in [6.07, 6.45) is 4.19. The number of ether oxygens (including phenoxy) is 1. The van der Waals surface area contributed by atoms with E-state index in [-0.39, 0.29) is 6.03 Å². The van der Waals surface area contributed by atoms with Crippen molar-refractivity contribution in [1.29, 1.82) is 0 Å². The van der Waals surface area contributed by atoms with Crippen LogP contribution in [0.25, 0.3) is 0 Å². The number of benzene rings is 1. The molecule has 4 N–H and O–H groups in total. The van der Waals surface area contributed by atoms with Crippen LogP contribution in [0.1, 0.15) is 6.42 Å². The van der Waals surface area contributed by atoms with Crippen LogP contribution in [0.2, 0.25) is 0 Å². The van der Waals surface area contributed by atoms with E-state index in [1.165, 1.54) is 0 Å². The molecule has 0 spiro atoms. The van der Waals surface area contributed by atoms with Crippen molar-refractivity contribution in [2.45, 2.75) is 6.42 Å². The highest BCUT2D eigenvalue weighted by molar-refractivity contribution is 8.03. The van der Waals surface area contributed by atoms with Crippen LogP contribution >= 0.6 is 24.0 Å². The van der Waals surface area contributed by atoms with Crippen LogP contribution in [-0.4, -0.2) is 52.0 Å². The molecule has 1 aromatic heterocycles. The number of rotatable bonds is 3. The van der Waals surface area contributed by atoms with Crippen molar-refractivity contribution in [2.24, 2.45) is 0 Å². The molecule has 0 atom stereocenters. The van der Waals surface area contributed by atoms with E-state index in [2.05, 4.69) is 20.5 Å². The molecule has 3 heterocycles. The number of carbonyl (C=O) groups is 1. The Labute approximate surface area is 184 Å². The number of amides is 2. The Kier molecular flexibility index (Phi) is 5.96. The highest BCUT2D eigenvalue weighted by atomic mass is 32.2. The number of nitrogen functional groups attached to an aromatic ring is 1. The molecule has 30 heavy (non-hydrogen) atoms. The zero-order valence-electron chi connectivity index (χ0n) is 16.4. The van der Waals surface area contributed by atoms with Gasteiger partial charge in [0.15, 0.2) is 5.11 Å². The summed E-state index contributed by atoms with van der Waals surface area (Å²) in [5.74, 6) is 1.20. The lowest BCUT2D eigenvalue weighted by atomic mass is 10.2. The molecule has 0 saturated heterocycles. The monoisotopic (exact) mass is 442 g/mol. The number of carbonyl (C=O) groups excluding carboxylic acids is 1. The third kappa shape index (κ3) is 4.29. The molecule has 0 radical (unpaired) electrons. The molecule has 2 aliphatic rings. The minimum absolute atomic E-state index is 0.197. The van der Waals surface area contributed by atoms with E-state index in [4.69, 9.17) is 22.7 Å². The minimum atomic E-state index is -0.197. The number of hydrogen-bond donors (Lipinski definition) is 3. The van der Waals surface area contributed by atoms with E-state index in [9.17, 15) is 4.79 Å². The van der Waals surface area contributed by atoms with Crippen LogP contribution in [0, 0.1) is 0 Å². The molecule has 2 amide bonds. The number of nitrogens with one attached hydrogen (secondary N) is 2. The van der Waals surface area contributed by atoms with Crippen LogP contribution < -0.4 is 21.1 Å². The lowest BCUT2D eigenvalue weighted by Crippen LogP contribution is -2.41. The van der Waals surface area contributed by atoms with Crippen molar-refractivity contribution in [3.05, 3.63) is 53.3 Å². The van der Waals surface area contributed by atoms with Crippen LogP contribution in [0.5, 0.6) is 5.75 Å². The van der Waals surface area contributed by atoms with Gasteiger partial charge < -0.3 is 26.0 Å². The van der Waals surface area contributed by atoms with Gasteiger partial charge in [0, 0.05) is 35.8 Å². The van der Waals surface area contributed by atoms with Crippen molar-refractivity contribution < 1.29 is 9.53 Å². The number of pyridine rings is 1. The maximum atomic E-state index is 12.9. The summed E-state index contributed by atoms with van der Waals surface area (Å²) >= 11 is 7.22.